The molecular weight excluding hydrogens is 610 g/mol. The fourth-order valence-corrected chi connectivity index (χ4v) is 10.1. The van der Waals surface area contributed by atoms with Crippen LogP contribution in [0.25, 0.3) is 11.1 Å². The van der Waals surface area contributed by atoms with Crippen molar-refractivity contribution in [3.63, 3.8) is 0 Å². The Morgan fingerprint density at radius 1 is 0.816 bits per heavy atom. The van der Waals surface area contributed by atoms with Crippen molar-refractivity contribution in [1.82, 2.24) is 15.5 Å². The molecule has 2 saturated heterocycles. The van der Waals surface area contributed by atoms with E-state index >= 15 is 0 Å². The van der Waals surface area contributed by atoms with Crippen molar-refractivity contribution < 1.29 is 19.4 Å². The summed E-state index contributed by atoms with van der Waals surface area (Å²) in [5.41, 5.74) is 6.38. The van der Waals surface area contributed by atoms with E-state index < -0.39 is 6.29 Å². The molecule has 9 rings (SSSR count). The summed E-state index contributed by atoms with van der Waals surface area (Å²) in [7, 11) is 0. The quantitative estimate of drug-likeness (QED) is 0.217. The van der Waals surface area contributed by atoms with Gasteiger partial charge in [0, 0.05) is 30.1 Å². The van der Waals surface area contributed by atoms with Crippen LogP contribution in [-0.4, -0.2) is 47.3 Å². The van der Waals surface area contributed by atoms with E-state index in [1.807, 2.05) is 12.1 Å². The smallest absolute Gasteiger partial charge is 0.315 e. The molecule has 4 saturated carbocycles. The number of nitrogens with one attached hydrogen (secondary N) is 2. The number of amides is 2. The minimum atomic E-state index is -0.467. The van der Waals surface area contributed by atoms with Crippen molar-refractivity contribution in [1.29, 1.82) is 0 Å². The topological polar surface area (TPSA) is 83.1 Å². The maximum atomic E-state index is 13.1. The molecule has 7 nitrogen and oxygen atoms in total. The van der Waals surface area contributed by atoms with Gasteiger partial charge in [-0.1, -0.05) is 80.1 Å². The molecular formula is C42H53N3O4. The van der Waals surface area contributed by atoms with Crippen molar-refractivity contribution in [3.05, 3.63) is 95.1 Å². The molecule has 4 bridgehead atoms. The second-order valence-corrected chi connectivity index (χ2v) is 16.0. The van der Waals surface area contributed by atoms with Gasteiger partial charge >= 0.3 is 6.03 Å². The van der Waals surface area contributed by atoms with Gasteiger partial charge in [-0.25, -0.2) is 4.79 Å². The predicted octanol–water partition coefficient (Wildman–Crippen LogP) is 7.89. The van der Waals surface area contributed by atoms with Crippen LogP contribution in [0.15, 0.2) is 72.8 Å². The van der Waals surface area contributed by atoms with Gasteiger partial charge in [-0.2, -0.15) is 0 Å². The Kier molecular flexibility index (Phi) is 9.53. The van der Waals surface area contributed by atoms with Crippen molar-refractivity contribution in [2.24, 2.45) is 23.7 Å². The van der Waals surface area contributed by atoms with Gasteiger partial charge in [-0.05, 0) is 116 Å². The molecule has 7 heteroatoms. The van der Waals surface area contributed by atoms with E-state index in [9.17, 15) is 9.90 Å². The van der Waals surface area contributed by atoms with Crippen LogP contribution in [-0.2, 0) is 22.6 Å². The van der Waals surface area contributed by atoms with Gasteiger partial charge in [0.05, 0.1) is 18.8 Å². The van der Waals surface area contributed by atoms with E-state index in [-0.39, 0.29) is 36.3 Å². The third-order valence-corrected chi connectivity index (χ3v) is 12.3. The molecule has 0 unspecified atom stereocenters. The summed E-state index contributed by atoms with van der Waals surface area (Å²) in [6.07, 6.45) is 10.9. The minimum absolute atomic E-state index is 0.0182. The normalized spacial score (nSPS) is 32.6. The second-order valence-electron chi connectivity index (χ2n) is 16.0. The second kappa shape index (κ2) is 14.2. The summed E-state index contributed by atoms with van der Waals surface area (Å²) in [4.78, 5) is 15.6. The molecule has 2 aliphatic heterocycles. The highest BCUT2D eigenvalue weighted by atomic mass is 16.7. The lowest BCUT2D eigenvalue weighted by molar-refractivity contribution is -0.276. The van der Waals surface area contributed by atoms with Gasteiger partial charge in [-0.15, -0.1) is 0 Å². The van der Waals surface area contributed by atoms with Crippen LogP contribution in [0.3, 0.4) is 0 Å². The fourth-order valence-electron chi connectivity index (χ4n) is 10.1. The van der Waals surface area contributed by atoms with E-state index in [4.69, 9.17) is 9.47 Å². The van der Waals surface area contributed by atoms with E-state index in [2.05, 4.69) is 83.1 Å². The number of nitrogens with zero attached hydrogens (tertiary/aromatic N) is 1. The van der Waals surface area contributed by atoms with Gasteiger partial charge in [0.15, 0.2) is 6.29 Å². The third kappa shape index (κ3) is 7.32. The van der Waals surface area contributed by atoms with Gasteiger partial charge in [0.2, 0.25) is 0 Å². The Bertz CT molecular complexity index is 1550. The maximum absolute atomic E-state index is 13.1. The first kappa shape index (κ1) is 32.9. The largest absolute Gasteiger partial charge is 0.392 e. The molecule has 0 radical (unpaired) electrons. The predicted molar refractivity (Wildman–Crippen MR) is 191 cm³/mol. The standard InChI is InChI=1S/C42H53N3O4/c1-28-38(26-45-16-3-2-4-17-45)48-40(49-39(28)35-10-8-29(27-46)9-11-35)36-14-12-34(13-15-36)37-7-5-6-30(21-37)25-43-41(47)44-42-22-31-18-32(23-42)20-33(19-31)24-42/h5-15,21,28,31-33,38-40,46H,2-4,16-20,22-27H2,1H3,(H2,43,44,47)/t28-,31?,32?,33?,38+,39+,40+,42?/m1/s1. The van der Waals surface area contributed by atoms with Gasteiger partial charge in [-0.3, -0.25) is 0 Å². The average molecular weight is 664 g/mol. The van der Waals surface area contributed by atoms with Crippen LogP contribution in [0.2, 0.25) is 0 Å². The highest BCUT2D eigenvalue weighted by Crippen LogP contribution is 2.55. The number of aliphatic hydroxyl groups is 1. The van der Waals surface area contributed by atoms with Gasteiger partial charge in [0.25, 0.3) is 0 Å². The fraction of sp³-hybridized carbons (Fsp3) is 0.548. The van der Waals surface area contributed by atoms with Crippen LogP contribution in [0.4, 0.5) is 4.79 Å². The van der Waals surface area contributed by atoms with Gasteiger partial charge in [0.1, 0.15) is 0 Å². The number of benzene rings is 3. The Labute approximate surface area is 291 Å². The van der Waals surface area contributed by atoms with Crippen LogP contribution >= 0.6 is 0 Å². The third-order valence-electron chi connectivity index (χ3n) is 12.3. The number of carbonyl (C=O) groups excluding carboxylic acids is 1. The highest BCUT2D eigenvalue weighted by molar-refractivity contribution is 5.75. The summed E-state index contributed by atoms with van der Waals surface area (Å²) < 4.78 is 13.5. The highest BCUT2D eigenvalue weighted by Gasteiger charge is 2.51. The maximum Gasteiger partial charge on any atom is 0.315 e. The first-order valence-electron chi connectivity index (χ1n) is 18.9. The lowest BCUT2D eigenvalue weighted by Gasteiger charge is -2.56. The van der Waals surface area contributed by atoms with E-state index in [1.165, 1.54) is 38.5 Å². The number of rotatable bonds is 9. The molecule has 4 atom stereocenters. The number of aliphatic hydroxyl groups excluding tert-OH is 1. The van der Waals surface area contributed by atoms with Crippen molar-refractivity contribution in [3.8, 4) is 11.1 Å². The Balaban J connectivity index is 0.932. The number of hydrogen-bond acceptors (Lipinski definition) is 5. The van der Waals surface area contributed by atoms with Crippen molar-refractivity contribution in [2.45, 2.75) is 102 Å². The molecule has 6 aliphatic rings. The minimum Gasteiger partial charge on any atom is -0.392 e. The number of hydrogen-bond donors (Lipinski definition) is 3. The summed E-state index contributed by atoms with van der Waals surface area (Å²) in [6.45, 7) is 5.95. The summed E-state index contributed by atoms with van der Waals surface area (Å²) >= 11 is 0. The number of piperidine rings is 1. The molecule has 3 N–H and O–H groups in total. The molecule has 3 aromatic rings. The SMILES string of the molecule is C[C@@H]1[C@H](CN2CCCCC2)O[C@H](c2ccc(-c3cccc(CNC(=O)NC45CC6CC(CC(C6)C4)C5)c3)cc2)O[C@@H]1c1ccc(CO)cc1. The van der Waals surface area contributed by atoms with Crippen molar-refractivity contribution in [2.75, 3.05) is 19.6 Å². The zero-order valence-electron chi connectivity index (χ0n) is 29.0. The zero-order valence-corrected chi connectivity index (χ0v) is 29.0. The number of urea groups is 1. The van der Waals surface area contributed by atoms with E-state index in [0.717, 1.165) is 90.0 Å². The van der Waals surface area contributed by atoms with E-state index in [1.54, 1.807) is 0 Å². The Morgan fingerprint density at radius 3 is 2.16 bits per heavy atom. The van der Waals surface area contributed by atoms with Gasteiger partial charge < -0.3 is 30.1 Å². The molecule has 4 aliphatic carbocycles. The molecule has 2 heterocycles. The molecule has 3 aromatic carbocycles. The number of ether oxygens (including phenoxy) is 2. The summed E-state index contributed by atoms with van der Waals surface area (Å²) in [6, 6.07) is 25.2. The number of carbonyl (C=O) groups is 1. The van der Waals surface area contributed by atoms with Crippen molar-refractivity contribution >= 4 is 6.03 Å². The molecule has 49 heavy (non-hydrogen) atoms. The van der Waals surface area contributed by atoms with Crippen LogP contribution < -0.4 is 10.6 Å². The first-order chi connectivity index (χ1) is 23.9. The first-order valence-corrected chi connectivity index (χ1v) is 18.9. The average Bonchev–Trinajstić information content (AvgIpc) is 3.11. The lowest BCUT2D eigenvalue weighted by atomic mass is 9.53. The lowest BCUT2D eigenvalue weighted by Crippen LogP contribution is -2.61. The monoisotopic (exact) mass is 663 g/mol. The van der Waals surface area contributed by atoms with E-state index in [0.29, 0.717) is 6.54 Å². The van der Waals surface area contributed by atoms with Crippen LogP contribution in [0.1, 0.15) is 99.4 Å². The van der Waals surface area contributed by atoms with Crippen LogP contribution in [0.5, 0.6) is 0 Å². The van der Waals surface area contributed by atoms with Crippen LogP contribution in [0, 0.1) is 23.7 Å². The summed E-state index contributed by atoms with van der Waals surface area (Å²) in [5, 5.41) is 16.2. The Hall–Kier alpha value is -3.23. The zero-order chi connectivity index (χ0) is 33.4. The molecule has 260 valence electrons. The molecule has 6 fully saturated rings. The molecule has 0 spiro atoms. The Morgan fingerprint density at radius 2 is 1.49 bits per heavy atom. The molecule has 2 amide bonds. The number of likely N-dealkylation sites (tertiary alicyclic amines) is 1. The summed E-state index contributed by atoms with van der Waals surface area (Å²) in [5.74, 6) is 2.60. The molecule has 0 aromatic heterocycles.